The number of esters is 1. The molecular weight excluding hydrogens is 316 g/mol. The lowest BCUT2D eigenvalue weighted by molar-refractivity contribution is -0.159. The molecular formula is C21H28O4. The fourth-order valence-corrected chi connectivity index (χ4v) is 5.67. The first-order valence-electron chi connectivity index (χ1n) is 9.42. The van der Waals surface area contributed by atoms with E-state index >= 15 is 0 Å². The zero-order valence-corrected chi connectivity index (χ0v) is 15.6. The SMILES string of the molecule is COc1c(C(C)C)ccc2c1CC[C@H]1[C@H]3COC(=O)[C@@]3(O)CC[C@]21C. The Labute approximate surface area is 149 Å². The van der Waals surface area contributed by atoms with Crippen LogP contribution < -0.4 is 4.74 Å². The van der Waals surface area contributed by atoms with Gasteiger partial charge in [-0.25, -0.2) is 4.79 Å². The molecule has 2 fully saturated rings. The number of hydrogen-bond donors (Lipinski definition) is 1. The third-order valence-corrected chi connectivity index (χ3v) is 7.13. The molecule has 25 heavy (non-hydrogen) atoms. The summed E-state index contributed by atoms with van der Waals surface area (Å²) in [6.07, 6.45) is 3.18. The van der Waals surface area contributed by atoms with Crippen LogP contribution in [0.1, 0.15) is 62.6 Å². The van der Waals surface area contributed by atoms with Gasteiger partial charge in [0.1, 0.15) is 5.75 Å². The molecule has 1 saturated carbocycles. The molecule has 3 aliphatic rings. The van der Waals surface area contributed by atoms with E-state index in [1.54, 1.807) is 7.11 Å². The number of hydrogen-bond acceptors (Lipinski definition) is 4. The number of rotatable bonds is 2. The van der Waals surface area contributed by atoms with Crippen LogP contribution in [-0.4, -0.2) is 30.4 Å². The summed E-state index contributed by atoms with van der Waals surface area (Å²) in [5.74, 6) is 1.20. The van der Waals surface area contributed by atoms with Crippen molar-refractivity contribution in [3.05, 3.63) is 28.8 Å². The second kappa shape index (κ2) is 5.47. The van der Waals surface area contributed by atoms with Gasteiger partial charge in [0.05, 0.1) is 13.7 Å². The second-order valence-corrected chi connectivity index (χ2v) is 8.56. The van der Waals surface area contributed by atoms with Gasteiger partial charge in [0.15, 0.2) is 5.60 Å². The molecule has 4 nitrogen and oxygen atoms in total. The highest BCUT2D eigenvalue weighted by atomic mass is 16.6. The predicted molar refractivity (Wildman–Crippen MR) is 94.9 cm³/mol. The molecule has 0 amide bonds. The summed E-state index contributed by atoms with van der Waals surface area (Å²) >= 11 is 0. The van der Waals surface area contributed by atoms with Gasteiger partial charge in [-0.15, -0.1) is 0 Å². The molecule has 1 heterocycles. The van der Waals surface area contributed by atoms with Gasteiger partial charge in [0.25, 0.3) is 0 Å². The van der Waals surface area contributed by atoms with Crippen LogP contribution in [0.25, 0.3) is 0 Å². The molecule has 4 heteroatoms. The van der Waals surface area contributed by atoms with Crippen LogP contribution in [0.3, 0.4) is 0 Å². The summed E-state index contributed by atoms with van der Waals surface area (Å²) in [4.78, 5) is 12.1. The largest absolute Gasteiger partial charge is 0.496 e. The van der Waals surface area contributed by atoms with E-state index < -0.39 is 11.6 Å². The average Bonchev–Trinajstić information content (AvgIpc) is 2.89. The number of methoxy groups -OCH3 is 1. The van der Waals surface area contributed by atoms with E-state index in [-0.39, 0.29) is 17.3 Å². The molecule has 0 spiro atoms. The maximum Gasteiger partial charge on any atom is 0.338 e. The predicted octanol–water partition coefficient (Wildman–Crippen LogP) is 3.34. The molecule has 1 aromatic rings. The van der Waals surface area contributed by atoms with E-state index in [2.05, 4.69) is 32.9 Å². The molecule has 1 saturated heterocycles. The van der Waals surface area contributed by atoms with Crippen molar-refractivity contribution in [3.63, 3.8) is 0 Å². The van der Waals surface area contributed by atoms with Crippen molar-refractivity contribution in [2.75, 3.05) is 13.7 Å². The monoisotopic (exact) mass is 344 g/mol. The maximum atomic E-state index is 12.1. The summed E-state index contributed by atoms with van der Waals surface area (Å²) in [6.45, 7) is 7.04. The molecule has 0 aromatic heterocycles. The highest BCUT2D eigenvalue weighted by molar-refractivity contribution is 5.82. The fourth-order valence-electron chi connectivity index (χ4n) is 5.67. The Morgan fingerprint density at radius 1 is 1.28 bits per heavy atom. The van der Waals surface area contributed by atoms with Crippen molar-refractivity contribution in [2.24, 2.45) is 11.8 Å². The van der Waals surface area contributed by atoms with Crippen molar-refractivity contribution in [1.29, 1.82) is 0 Å². The number of carbonyl (C=O) groups is 1. The highest BCUT2D eigenvalue weighted by Crippen LogP contribution is 2.58. The number of cyclic esters (lactones) is 1. The van der Waals surface area contributed by atoms with Gasteiger partial charge in [0, 0.05) is 5.92 Å². The first kappa shape index (κ1) is 16.9. The van der Waals surface area contributed by atoms with E-state index in [1.807, 2.05) is 0 Å². The van der Waals surface area contributed by atoms with Gasteiger partial charge in [-0.2, -0.15) is 0 Å². The quantitative estimate of drug-likeness (QED) is 0.836. The van der Waals surface area contributed by atoms with Crippen LogP contribution in [0.2, 0.25) is 0 Å². The first-order valence-corrected chi connectivity index (χ1v) is 9.42. The maximum absolute atomic E-state index is 12.1. The summed E-state index contributed by atoms with van der Waals surface area (Å²) in [6, 6.07) is 4.47. The zero-order valence-electron chi connectivity index (χ0n) is 15.6. The molecule has 0 radical (unpaired) electrons. The van der Waals surface area contributed by atoms with Crippen molar-refractivity contribution in [1.82, 2.24) is 0 Å². The minimum absolute atomic E-state index is 0.0404. The minimum Gasteiger partial charge on any atom is -0.496 e. The van der Waals surface area contributed by atoms with Gasteiger partial charge in [-0.05, 0) is 59.6 Å². The van der Waals surface area contributed by atoms with Gasteiger partial charge in [0.2, 0.25) is 0 Å². The third kappa shape index (κ3) is 2.13. The minimum atomic E-state index is -1.27. The van der Waals surface area contributed by atoms with Gasteiger partial charge < -0.3 is 14.6 Å². The molecule has 0 unspecified atom stereocenters. The van der Waals surface area contributed by atoms with E-state index in [9.17, 15) is 9.90 Å². The van der Waals surface area contributed by atoms with E-state index in [1.165, 1.54) is 16.7 Å². The van der Waals surface area contributed by atoms with Crippen LogP contribution in [0.15, 0.2) is 12.1 Å². The molecule has 1 N–H and O–H groups in total. The Morgan fingerprint density at radius 3 is 2.72 bits per heavy atom. The van der Waals surface area contributed by atoms with Gasteiger partial charge >= 0.3 is 5.97 Å². The molecule has 4 atom stereocenters. The van der Waals surface area contributed by atoms with Crippen LogP contribution in [0.4, 0.5) is 0 Å². The molecule has 1 aliphatic heterocycles. The zero-order chi connectivity index (χ0) is 18.0. The molecule has 4 rings (SSSR count). The van der Waals surface area contributed by atoms with Gasteiger partial charge in [-0.3, -0.25) is 0 Å². The molecule has 136 valence electrons. The standard InChI is InChI=1S/C21H28O4/c1-12(2)13-5-7-15-14(18(13)24-4)6-8-16-17-11-25-19(22)21(17,23)10-9-20(15,16)3/h5,7,12,16-17,23H,6,8-11H2,1-4H3/t16-,17+,20+,21+/m0/s1. The number of benzene rings is 1. The van der Waals surface area contributed by atoms with Crippen molar-refractivity contribution < 1.29 is 19.4 Å². The Bertz CT molecular complexity index is 725. The Hall–Kier alpha value is -1.55. The number of carbonyl (C=O) groups excluding carboxylic acids is 1. The topological polar surface area (TPSA) is 55.8 Å². The molecule has 2 aliphatic carbocycles. The fraction of sp³-hybridized carbons (Fsp3) is 0.667. The Balaban J connectivity index is 1.81. The summed E-state index contributed by atoms with van der Waals surface area (Å²) < 4.78 is 11.1. The lowest BCUT2D eigenvalue weighted by atomic mass is 9.51. The molecule has 0 bridgehead atoms. The first-order chi connectivity index (χ1) is 11.8. The van der Waals surface area contributed by atoms with Crippen LogP contribution in [0, 0.1) is 11.8 Å². The number of aliphatic hydroxyl groups is 1. The van der Waals surface area contributed by atoms with Crippen LogP contribution >= 0.6 is 0 Å². The van der Waals surface area contributed by atoms with E-state index in [4.69, 9.17) is 9.47 Å². The van der Waals surface area contributed by atoms with Gasteiger partial charge in [-0.1, -0.05) is 32.9 Å². The van der Waals surface area contributed by atoms with Crippen LogP contribution in [-0.2, 0) is 21.4 Å². The second-order valence-electron chi connectivity index (χ2n) is 8.56. The summed E-state index contributed by atoms with van der Waals surface area (Å²) in [7, 11) is 1.76. The van der Waals surface area contributed by atoms with Crippen molar-refractivity contribution >= 4 is 5.97 Å². The third-order valence-electron chi connectivity index (χ3n) is 7.13. The highest BCUT2D eigenvalue weighted by Gasteiger charge is 2.62. The average molecular weight is 344 g/mol. The summed E-state index contributed by atoms with van der Waals surface area (Å²) in [5.41, 5.74) is 2.61. The Kier molecular flexibility index (Phi) is 3.70. The summed E-state index contributed by atoms with van der Waals surface area (Å²) in [5, 5.41) is 10.9. The Morgan fingerprint density at radius 2 is 2.04 bits per heavy atom. The smallest absolute Gasteiger partial charge is 0.338 e. The number of ether oxygens (including phenoxy) is 2. The van der Waals surface area contributed by atoms with Crippen molar-refractivity contribution in [2.45, 2.75) is 63.4 Å². The van der Waals surface area contributed by atoms with Crippen molar-refractivity contribution in [3.8, 4) is 5.75 Å². The lowest BCUT2D eigenvalue weighted by Gasteiger charge is -2.52. The normalized spacial score (nSPS) is 36.5. The van der Waals surface area contributed by atoms with Crippen LogP contribution in [0.5, 0.6) is 5.75 Å². The van der Waals surface area contributed by atoms with E-state index in [0.29, 0.717) is 18.9 Å². The lowest BCUT2D eigenvalue weighted by Crippen LogP contribution is -2.56. The molecule has 1 aromatic carbocycles. The number of fused-ring (bicyclic) bond motifs is 5. The van der Waals surface area contributed by atoms with E-state index in [0.717, 1.165) is 25.0 Å².